The van der Waals surface area contributed by atoms with Crippen molar-refractivity contribution in [1.29, 1.82) is 5.26 Å². The van der Waals surface area contributed by atoms with Gasteiger partial charge < -0.3 is 4.74 Å². The largest absolute Gasteiger partial charge is 0.380 e. The van der Waals surface area contributed by atoms with E-state index in [-0.39, 0.29) is 5.54 Å². The summed E-state index contributed by atoms with van der Waals surface area (Å²) in [6.45, 7) is 5.25. The summed E-state index contributed by atoms with van der Waals surface area (Å²) in [7, 11) is 1.80. The summed E-state index contributed by atoms with van der Waals surface area (Å²) < 4.78 is 5.42. The molecule has 0 aromatic carbocycles. The van der Waals surface area contributed by atoms with Crippen LogP contribution in [0.25, 0.3) is 0 Å². The smallest absolute Gasteiger partial charge is 0.108 e. The summed E-state index contributed by atoms with van der Waals surface area (Å²) in [4.78, 5) is 2.51. The van der Waals surface area contributed by atoms with Gasteiger partial charge in [0.05, 0.1) is 12.2 Å². The fraction of sp³-hybridized carbons (Fsp3) is 0.929. The Bertz CT molecular complexity index is 315. The van der Waals surface area contributed by atoms with Gasteiger partial charge in [-0.3, -0.25) is 10.2 Å². The minimum Gasteiger partial charge on any atom is -0.380 e. The molecular weight excluding hydrogens is 226 g/mol. The predicted octanol–water partition coefficient (Wildman–Crippen LogP) is 1.52. The lowest BCUT2D eigenvalue weighted by molar-refractivity contribution is 0.101. The molecule has 3 unspecified atom stereocenters. The number of nitrogens with zero attached hydrogens (tertiary/aromatic N) is 2. The molecule has 0 spiro atoms. The van der Waals surface area contributed by atoms with E-state index in [0.29, 0.717) is 12.1 Å². The van der Waals surface area contributed by atoms with E-state index in [0.717, 1.165) is 51.7 Å². The molecule has 1 saturated heterocycles. The number of nitrogens with one attached hydrogen (secondary N) is 1. The molecule has 1 N–H and O–H groups in total. The van der Waals surface area contributed by atoms with Crippen molar-refractivity contribution >= 4 is 0 Å². The molecule has 0 aromatic rings. The van der Waals surface area contributed by atoms with Crippen LogP contribution >= 0.6 is 0 Å². The number of ether oxygens (including phenoxy) is 1. The third kappa shape index (κ3) is 2.85. The first-order valence-corrected chi connectivity index (χ1v) is 7.16. The molecule has 1 aliphatic carbocycles. The number of methoxy groups -OCH3 is 1. The molecule has 1 aliphatic heterocycles. The monoisotopic (exact) mass is 251 g/mol. The molecule has 2 rings (SSSR count). The molecule has 3 atom stereocenters. The second-order valence-electron chi connectivity index (χ2n) is 5.66. The highest BCUT2D eigenvalue weighted by atomic mass is 16.5. The van der Waals surface area contributed by atoms with E-state index in [1.807, 2.05) is 0 Å². The fourth-order valence-electron chi connectivity index (χ4n) is 3.27. The summed E-state index contributed by atoms with van der Waals surface area (Å²) in [6.07, 6.45) is 5.72. The van der Waals surface area contributed by atoms with Crippen molar-refractivity contribution in [3.05, 3.63) is 0 Å². The molecule has 18 heavy (non-hydrogen) atoms. The maximum Gasteiger partial charge on any atom is 0.108 e. The molecule has 0 bridgehead atoms. The SMILES string of the molecule is CCCNC1(C#N)CCC(N2CCC(OC)C2)C1. The highest BCUT2D eigenvalue weighted by Gasteiger charge is 2.42. The number of hydrogen-bond acceptors (Lipinski definition) is 4. The quantitative estimate of drug-likeness (QED) is 0.805. The summed E-state index contributed by atoms with van der Waals surface area (Å²) in [6, 6.07) is 3.09. The second-order valence-corrected chi connectivity index (χ2v) is 5.66. The third-order valence-electron chi connectivity index (χ3n) is 4.44. The van der Waals surface area contributed by atoms with Gasteiger partial charge >= 0.3 is 0 Å². The molecule has 0 radical (unpaired) electrons. The Morgan fingerprint density at radius 1 is 1.50 bits per heavy atom. The fourth-order valence-corrected chi connectivity index (χ4v) is 3.27. The van der Waals surface area contributed by atoms with Crippen molar-refractivity contribution in [3.8, 4) is 6.07 Å². The molecule has 1 heterocycles. The van der Waals surface area contributed by atoms with Gasteiger partial charge in [0, 0.05) is 26.2 Å². The topological polar surface area (TPSA) is 48.3 Å². The van der Waals surface area contributed by atoms with E-state index < -0.39 is 0 Å². The van der Waals surface area contributed by atoms with E-state index in [1.165, 1.54) is 0 Å². The van der Waals surface area contributed by atoms with E-state index in [1.54, 1.807) is 7.11 Å². The lowest BCUT2D eigenvalue weighted by Crippen LogP contribution is -2.44. The van der Waals surface area contributed by atoms with Crippen LogP contribution in [0.1, 0.15) is 39.0 Å². The first-order chi connectivity index (χ1) is 8.73. The lowest BCUT2D eigenvalue weighted by Gasteiger charge is -2.26. The van der Waals surface area contributed by atoms with Gasteiger partial charge in [-0.2, -0.15) is 5.26 Å². The van der Waals surface area contributed by atoms with Crippen LogP contribution in [0.15, 0.2) is 0 Å². The Hall–Kier alpha value is -0.630. The molecule has 1 saturated carbocycles. The molecule has 0 aromatic heterocycles. The zero-order valence-corrected chi connectivity index (χ0v) is 11.6. The van der Waals surface area contributed by atoms with Gasteiger partial charge in [-0.15, -0.1) is 0 Å². The van der Waals surface area contributed by atoms with E-state index in [4.69, 9.17) is 4.74 Å². The van der Waals surface area contributed by atoms with Crippen LogP contribution in [-0.2, 0) is 4.74 Å². The Balaban J connectivity index is 1.89. The van der Waals surface area contributed by atoms with Crippen LogP contribution in [0.3, 0.4) is 0 Å². The summed E-state index contributed by atoms with van der Waals surface area (Å²) in [5.41, 5.74) is -0.272. The van der Waals surface area contributed by atoms with Crippen molar-refractivity contribution in [2.75, 3.05) is 26.7 Å². The molecule has 4 heteroatoms. The van der Waals surface area contributed by atoms with Crippen LogP contribution in [0, 0.1) is 11.3 Å². The Labute approximate surface area is 110 Å². The third-order valence-corrected chi connectivity index (χ3v) is 4.44. The zero-order chi connectivity index (χ0) is 13.0. The van der Waals surface area contributed by atoms with Crippen molar-refractivity contribution in [3.63, 3.8) is 0 Å². The van der Waals surface area contributed by atoms with Gasteiger partial charge in [-0.1, -0.05) is 6.92 Å². The first kappa shape index (κ1) is 13.8. The molecule has 2 aliphatic rings. The number of likely N-dealkylation sites (tertiary alicyclic amines) is 1. The first-order valence-electron chi connectivity index (χ1n) is 7.16. The van der Waals surface area contributed by atoms with Crippen LogP contribution < -0.4 is 5.32 Å². The van der Waals surface area contributed by atoms with Crippen molar-refractivity contribution in [1.82, 2.24) is 10.2 Å². The van der Waals surface area contributed by atoms with Crippen LogP contribution in [0.5, 0.6) is 0 Å². The average Bonchev–Trinajstić information content (AvgIpc) is 3.03. The molecule has 102 valence electrons. The highest BCUT2D eigenvalue weighted by molar-refractivity contribution is 5.13. The Kier molecular flexibility index (Phi) is 4.60. The number of hydrogen-bond donors (Lipinski definition) is 1. The normalized spacial score (nSPS) is 36.9. The second kappa shape index (κ2) is 6.01. The molecule has 2 fully saturated rings. The van der Waals surface area contributed by atoms with Crippen molar-refractivity contribution in [2.45, 2.75) is 56.7 Å². The van der Waals surface area contributed by atoms with Crippen LogP contribution in [0.2, 0.25) is 0 Å². The van der Waals surface area contributed by atoms with E-state index >= 15 is 0 Å². The molecular formula is C14H25N3O. The van der Waals surface area contributed by atoms with Gasteiger partial charge in [0.1, 0.15) is 5.54 Å². The highest BCUT2D eigenvalue weighted by Crippen LogP contribution is 2.34. The molecule has 0 amide bonds. The van der Waals surface area contributed by atoms with Gasteiger partial charge in [-0.25, -0.2) is 0 Å². The zero-order valence-electron chi connectivity index (χ0n) is 11.6. The summed E-state index contributed by atoms with van der Waals surface area (Å²) in [5, 5.41) is 12.9. The minimum atomic E-state index is -0.272. The maximum atomic E-state index is 9.45. The van der Waals surface area contributed by atoms with Gasteiger partial charge in [0.2, 0.25) is 0 Å². The summed E-state index contributed by atoms with van der Waals surface area (Å²) in [5.74, 6) is 0. The van der Waals surface area contributed by atoms with Gasteiger partial charge in [0.25, 0.3) is 0 Å². The predicted molar refractivity (Wildman–Crippen MR) is 71.3 cm³/mol. The maximum absolute atomic E-state index is 9.45. The van der Waals surface area contributed by atoms with E-state index in [2.05, 4.69) is 23.2 Å². The van der Waals surface area contributed by atoms with Crippen LogP contribution in [0.4, 0.5) is 0 Å². The Morgan fingerprint density at radius 2 is 2.33 bits per heavy atom. The van der Waals surface area contributed by atoms with Gasteiger partial charge in [0.15, 0.2) is 0 Å². The minimum absolute atomic E-state index is 0.272. The standard InChI is InChI=1S/C14H25N3O/c1-3-7-16-14(11-15)6-4-12(9-14)17-8-5-13(10-17)18-2/h12-13,16H,3-10H2,1-2H3. The van der Waals surface area contributed by atoms with E-state index in [9.17, 15) is 5.26 Å². The van der Waals surface area contributed by atoms with Crippen molar-refractivity contribution < 1.29 is 4.74 Å². The number of nitriles is 1. The summed E-state index contributed by atoms with van der Waals surface area (Å²) >= 11 is 0. The molecule has 4 nitrogen and oxygen atoms in total. The van der Waals surface area contributed by atoms with Crippen molar-refractivity contribution in [2.24, 2.45) is 0 Å². The Morgan fingerprint density at radius 3 is 2.94 bits per heavy atom. The van der Waals surface area contributed by atoms with Crippen LogP contribution in [-0.4, -0.2) is 49.3 Å². The lowest BCUT2D eigenvalue weighted by atomic mass is 9.99. The average molecular weight is 251 g/mol. The van der Waals surface area contributed by atoms with Gasteiger partial charge in [-0.05, 0) is 38.6 Å². The number of rotatable bonds is 5.